The summed E-state index contributed by atoms with van der Waals surface area (Å²) in [5.74, 6) is -1.13. The summed E-state index contributed by atoms with van der Waals surface area (Å²) < 4.78 is 13.3. The Balaban J connectivity index is 2.45. The molecule has 2 atom stereocenters. The van der Waals surface area contributed by atoms with Gasteiger partial charge in [0.15, 0.2) is 0 Å². The van der Waals surface area contributed by atoms with Crippen molar-refractivity contribution in [3.63, 3.8) is 0 Å². The summed E-state index contributed by atoms with van der Waals surface area (Å²) >= 11 is 0. The predicted octanol–water partition coefficient (Wildman–Crippen LogP) is 0.697. The number of hydrogen-bond donors (Lipinski definition) is 2. The Morgan fingerprint density at radius 2 is 2.16 bits per heavy atom. The number of hydrogen-bond acceptors (Lipinski definition) is 4. The number of nitrogens with one attached hydrogen (secondary N) is 1. The average Bonchev–Trinajstić information content (AvgIpc) is 2.34. The Bertz CT molecular complexity index is 531. The highest BCUT2D eigenvalue weighted by molar-refractivity contribution is 6.04. The molecule has 0 aliphatic carbocycles. The molecular formula is C13H16FN3O2. The van der Waals surface area contributed by atoms with Crippen LogP contribution in [0.2, 0.25) is 0 Å². The maximum atomic E-state index is 13.3. The second-order valence-corrected chi connectivity index (χ2v) is 4.71. The molecule has 102 valence electrons. The monoisotopic (exact) mass is 265 g/mol. The third-order valence-corrected chi connectivity index (χ3v) is 3.21. The topological polar surface area (TPSA) is 75.4 Å². The number of benzene rings is 1. The van der Waals surface area contributed by atoms with Gasteiger partial charge < -0.3 is 10.6 Å². The maximum absolute atomic E-state index is 13.3. The molecular weight excluding hydrogens is 249 g/mol. The van der Waals surface area contributed by atoms with Crippen LogP contribution in [0.25, 0.3) is 0 Å². The van der Waals surface area contributed by atoms with Crippen molar-refractivity contribution in [2.75, 3.05) is 11.4 Å². The van der Waals surface area contributed by atoms with Gasteiger partial charge in [-0.3, -0.25) is 14.9 Å². The molecule has 0 bridgehead atoms. The summed E-state index contributed by atoms with van der Waals surface area (Å²) in [5, 5.41) is 2.26. The minimum atomic E-state index is -0.499. The Hall–Kier alpha value is -1.95. The van der Waals surface area contributed by atoms with Crippen molar-refractivity contribution in [1.82, 2.24) is 5.32 Å². The van der Waals surface area contributed by atoms with E-state index in [0.29, 0.717) is 11.3 Å². The smallest absolute Gasteiger partial charge is 0.249 e. The summed E-state index contributed by atoms with van der Waals surface area (Å²) in [6, 6.07) is 3.30. The third kappa shape index (κ3) is 2.58. The molecule has 0 saturated carbocycles. The lowest BCUT2D eigenvalue weighted by atomic mass is 10.0. The first-order chi connectivity index (χ1) is 8.90. The van der Waals surface area contributed by atoms with E-state index in [1.807, 2.05) is 0 Å². The second-order valence-electron chi connectivity index (χ2n) is 4.71. The van der Waals surface area contributed by atoms with Crippen LogP contribution in [0.3, 0.4) is 0 Å². The maximum Gasteiger partial charge on any atom is 0.249 e. The molecule has 2 unspecified atom stereocenters. The van der Waals surface area contributed by atoms with Crippen LogP contribution in [0, 0.1) is 5.82 Å². The Morgan fingerprint density at radius 1 is 1.47 bits per heavy atom. The lowest BCUT2D eigenvalue weighted by Crippen LogP contribution is -2.57. The van der Waals surface area contributed by atoms with E-state index in [2.05, 4.69) is 5.32 Å². The number of piperazine rings is 1. The molecule has 6 heteroatoms. The van der Waals surface area contributed by atoms with Gasteiger partial charge in [-0.05, 0) is 37.6 Å². The number of nitrogens with zero attached hydrogens (tertiary/aromatic N) is 1. The Morgan fingerprint density at radius 3 is 2.79 bits per heavy atom. The molecule has 2 amide bonds. The molecule has 0 radical (unpaired) electrons. The minimum Gasteiger partial charge on any atom is -0.350 e. The molecule has 1 aliphatic rings. The SMILES string of the molecule is CC(N)c1cc(F)ccc1N1CC(=O)NC(=O)C1C. The number of halogens is 1. The summed E-state index contributed by atoms with van der Waals surface area (Å²) in [6.07, 6.45) is 0. The number of nitrogens with two attached hydrogens (primary N) is 1. The highest BCUT2D eigenvalue weighted by Gasteiger charge is 2.31. The van der Waals surface area contributed by atoms with Crippen molar-refractivity contribution in [2.45, 2.75) is 25.9 Å². The van der Waals surface area contributed by atoms with E-state index in [1.165, 1.54) is 12.1 Å². The van der Waals surface area contributed by atoms with Crippen molar-refractivity contribution < 1.29 is 14.0 Å². The van der Waals surface area contributed by atoms with E-state index in [9.17, 15) is 14.0 Å². The van der Waals surface area contributed by atoms with Gasteiger partial charge in [0.1, 0.15) is 11.9 Å². The van der Waals surface area contributed by atoms with Crippen molar-refractivity contribution in [3.8, 4) is 0 Å². The molecule has 1 aliphatic heterocycles. The number of anilines is 1. The van der Waals surface area contributed by atoms with Gasteiger partial charge in [0.05, 0.1) is 6.54 Å². The summed E-state index contributed by atoms with van der Waals surface area (Å²) in [6.45, 7) is 3.48. The van der Waals surface area contributed by atoms with Gasteiger partial charge in [0.25, 0.3) is 0 Å². The standard InChI is InChI=1S/C13H16FN3O2/c1-7(15)10-5-9(14)3-4-11(10)17-6-12(18)16-13(19)8(17)2/h3-5,7-8H,6,15H2,1-2H3,(H,16,18,19). The lowest BCUT2D eigenvalue weighted by Gasteiger charge is -2.35. The van der Waals surface area contributed by atoms with Gasteiger partial charge in [-0.2, -0.15) is 0 Å². The van der Waals surface area contributed by atoms with E-state index < -0.39 is 17.9 Å². The van der Waals surface area contributed by atoms with Crippen molar-refractivity contribution in [1.29, 1.82) is 0 Å². The molecule has 1 fully saturated rings. The number of amides is 2. The molecule has 1 aromatic rings. The molecule has 0 spiro atoms. The first-order valence-corrected chi connectivity index (χ1v) is 6.05. The van der Waals surface area contributed by atoms with Gasteiger partial charge in [-0.25, -0.2) is 4.39 Å². The summed E-state index contributed by atoms with van der Waals surface area (Å²) in [4.78, 5) is 24.8. The molecule has 1 heterocycles. The van der Waals surface area contributed by atoms with Crippen molar-refractivity contribution >= 4 is 17.5 Å². The number of imide groups is 1. The van der Waals surface area contributed by atoms with Crippen LogP contribution in [0.1, 0.15) is 25.5 Å². The zero-order valence-electron chi connectivity index (χ0n) is 10.8. The van der Waals surface area contributed by atoms with E-state index in [4.69, 9.17) is 5.73 Å². The Labute approximate surface area is 110 Å². The normalized spacial score (nSPS) is 21.3. The van der Waals surface area contributed by atoms with E-state index in [-0.39, 0.29) is 18.4 Å². The third-order valence-electron chi connectivity index (χ3n) is 3.21. The van der Waals surface area contributed by atoms with Gasteiger partial charge in [-0.1, -0.05) is 0 Å². The largest absolute Gasteiger partial charge is 0.350 e. The average molecular weight is 265 g/mol. The minimum absolute atomic E-state index is 0.0538. The van der Waals surface area contributed by atoms with Crippen LogP contribution >= 0.6 is 0 Å². The molecule has 19 heavy (non-hydrogen) atoms. The molecule has 0 aromatic heterocycles. The zero-order chi connectivity index (χ0) is 14.2. The quantitative estimate of drug-likeness (QED) is 0.772. The van der Waals surface area contributed by atoms with Crippen LogP contribution in [0.5, 0.6) is 0 Å². The van der Waals surface area contributed by atoms with Gasteiger partial charge >= 0.3 is 0 Å². The van der Waals surface area contributed by atoms with E-state index >= 15 is 0 Å². The molecule has 2 rings (SSSR count). The van der Waals surface area contributed by atoms with Crippen LogP contribution in [0.15, 0.2) is 18.2 Å². The fraction of sp³-hybridized carbons (Fsp3) is 0.385. The predicted molar refractivity (Wildman–Crippen MR) is 69.0 cm³/mol. The zero-order valence-corrected chi connectivity index (χ0v) is 10.8. The van der Waals surface area contributed by atoms with E-state index in [0.717, 1.165) is 0 Å². The number of carbonyl (C=O) groups is 2. The highest BCUT2D eigenvalue weighted by atomic mass is 19.1. The first-order valence-electron chi connectivity index (χ1n) is 6.05. The molecule has 5 nitrogen and oxygen atoms in total. The van der Waals surface area contributed by atoms with Crippen LogP contribution in [-0.2, 0) is 9.59 Å². The van der Waals surface area contributed by atoms with Crippen molar-refractivity contribution in [3.05, 3.63) is 29.6 Å². The van der Waals surface area contributed by atoms with Crippen LogP contribution in [0.4, 0.5) is 10.1 Å². The Kier molecular flexibility index (Phi) is 3.53. The van der Waals surface area contributed by atoms with Gasteiger partial charge in [-0.15, -0.1) is 0 Å². The van der Waals surface area contributed by atoms with Crippen LogP contribution in [-0.4, -0.2) is 24.4 Å². The summed E-state index contributed by atoms with van der Waals surface area (Å²) in [7, 11) is 0. The van der Waals surface area contributed by atoms with Crippen molar-refractivity contribution in [2.24, 2.45) is 5.73 Å². The van der Waals surface area contributed by atoms with Gasteiger partial charge in [0, 0.05) is 11.7 Å². The number of rotatable bonds is 2. The summed E-state index contributed by atoms with van der Waals surface area (Å²) in [5.41, 5.74) is 7.02. The molecule has 1 saturated heterocycles. The fourth-order valence-electron chi connectivity index (χ4n) is 2.16. The highest BCUT2D eigenvalue weighted by Crippen LogP contribution is 2.28. The molecule has 3 N–H and O–H groups in total. The fourth-order valence-corrected chi connectivity index (χ4v) is 2.16. The lowest BCUT2D eigenvalue weighted by molar-refractivity contribution is -0.132. The van der Waals surface area contributed by atoms with Crippen LogP contribution < -0.4 is 16.0 Å². The second kappa shape index (κ2) is 4.97. The van der Waals surface area contributed by atoms with E-state index in [1.54, 1.807) is 24.8 Å². The van der Waals surface area contributed by atoms with Gasteiger partial charge in [0.2, 0.25) is 11.8 Å². The number of carbonyl (C=O) groups excluding carboxylic acids is 2. The first kappa shape index (κ1) is 13.5. The molecule has 1 aromatic carbocycles.